The van der Waals surface area contributed by atoms with Crippen LogP contribution in [-0.4, -0.2) is 42.0 Å². The molecule has 1 unspecified atom stereocenters. The molecule has 1 aliphatic heterocycles. The van der Waals surface area contributed by atoms with E-state index in [9.17, 15) is 18.0 Å². The lowest BCUT2D eigenvalue weighted by Crippen LogP contribution is -2.51. The van der Waals surface area contributed by atoms with Crippen LogP contribution in [0.3, 0.4) is 0 Å². The standard InChI is InChI=1S/C24H21BrF3N3O/c25-18-8-6-17(7-9-18)23(16-4-2-1-3-5-16)30-10-12-31(13-11-30)24(32)29-22-20(27)14-19(26)15-21(22)28/h1-9,14-15,23H,10-13H2,(H,29,32). The molecule has 1 fully saturated rings. The molecule has 1 aliphatic rings. The highest BCUT2D eigenvalue weighted by molar-refractivity contribution is 9.10. The molecule has 0 aliphatic carbocycles. The molecule has 3 aromatic rings. The second-order valence-corrected chi connectivity index (χ2v) is 8.48. The first-order chi connectivity index (χ1) is 15.4. The van der Waals surface area contributed by atoms with Crippen LogP contribution in [0.4, 0.5) is 23.7 Å². The molecule has 4 nitrogen and oxygen atoms in total. The summed E-state index contributed by atoms with van der Waals surface area (Å²) < 4.78 is 41.9. The van der Waals surface area contributed by atoms with Gasteiger partial charge in [0.05, 0.1) is 6.04 Å². The van der Waals surface area contributed by atoms with E-state index in [4.69, 9.17) is 0 Å². The minimum Gasteiger partial charge on any atom is -0.322 e. The Hall–Kier alpha value is -2.84. The molecule has 0 saturated carbocycles. The summed E-state index contributed by atoms with van der Waals surface area (Å²) >= 11 is 3.47. The van der Waals surface area contributed by atoms with Crippen LogP contribution >= 0.6 is 15.9 Å². The Bertz CT molecular complexity index is 1060. The smallest absolute Gasteiger partial charge is 0.322 e. The van der Waals surface area contributed by atoms with E-state index in [1.165, 1.54) is 4.90 Å². The highest BCUT2D eigenvalue weighted by Gasteiger charge is 2.29. The molecule has 0 aromatic heterocycles. The average molecular weight is 504 g/mol. The third kappa shape index (κ3) is 4.97. The van der Waals surface area contributed by atoms with E-state index in [0.717, 1.165) is 15.6 Å². The average Bonchev–Trinajstić information content (AvgIpc) is 2.79. The van der Waals surface area contributed by atoms with Gasteiger partial charge in [-0.15, -0.1) is 0 Å². The zero-order valence-corrected chi connectivity index (χ0v) is 18.7. The third-order valence-electron chi connectivity index (χ3n) is 5.51. The SMILES string of the molecule is O=C(Nc1c(F)cc(F)cc1F)N1CCN(C(c2ccccc2)c2ccc(Br)cc2)CC1. The summed E-state index contributed by atoms with van der Waals surface area (Å²) in [5.41, 5.74) is 1.63. The van der Waals surface area contributed by atoms with Gasteiger partial charge in [0.2, 0.25) is 0 Å². The summed E-state index contributed by atoms with van der Waals surface area (Å²) in [5.74, 6) is -3.32. The van der Waals surface area contributed by atoms with Crippen LogP contribution < -0.4 is 5.32 Å². The van der Waals surface area contributed by atoms with Crippen molar-refractivity contribution in [3.63, 3.8) is 0 Å². The number of benzene rings is 3. The number of nitrogens with one attached hydrogen (secondary N) is 1. The molecule has 1 saturated heterocycles. The van der Waals surface area contributed by atoms with Gasteiger partial charge >= 0.3 is 6.03 Å². The third-order valence-corrected chi connectivity index (χ3v) is 6.04. The molecule has 3 aromatic carbocycles. The number of hydrogen-bond donors (Lipinski definition) is 1. The van der Waals surface area contributed by atoms with Gasteiger partial charge in [-0.2, -0.15) is 0 Å². The van der Waals surface area contributed by atoms with Crippen LogP contribution in [0.2, 0.25) is 0 Å². The van der Waals surface area contributed by atoms with Crippen molar-refractivity contribution in [2.24, 2.45) is 0 Å². The second kappa shape index (κ2) is 9.75. The highest BCUT2D eigenvalue weighted by Crippen LogP contribution is 2.30. The fourth-order valence-electron chi connectivity index (χ4n) is 3.93. The summed E-state index contributed by atoms with van der Waals surface area (Å²) in [6.07, 6.45) is 0. The molecular formula is C24H21BrF3N3O. The molecule has 2 amide bonds. The molecule has 4 rings (SSSR count). The Morgan fingerprint density at radius 3 is 2.00 bits per heavy atom. The Labute approximate surface area is 192 Å². The highest BCUT2D eigenvalue weighted by atomic mass is 79.9. The molecule has 1 atom stereocenters. The van der Waals surface area contributed by atoms with Crippen molar-refractivity contribution in [1.82, 2.24) is 9.80 Å². The molecule has 1 N–H and O–H groups in total. The van der Waals surface area contributed by atoms with Gasteiger partial charge < -0.3 is 10.2 Å². The number of piperazine rings is 1. The quantitative estimate of drug-likeness (QED) is 0.487. The van der Waals surface area contributed by atoms with Crippen LogP contribution in [0.5, 0.6) is 0 Å². The van der Waals surface area contributed by atoms with Crippen molar-refractivity contribution in [1.29, 1.82) is 0 Å². The number of anilines is 1. The van der Waals surface area contributed by atoms with E-state index in [2.05, 4.69) is 50.4 Å². The predicted molar refractivity (Wildman–Crippen MR) is 121 cm³/mol. The van der Waals surface area contributed by atoms with E-state index < -0.39 is 29.2 Å². The van der Waals surface area contributed by atoms with Gasteiger partial charge in [-0.1, -0.05) is 58.4 Å². The summed E-state index contributed by atoms with van der Waals surface area (Å²) in [6.45, 7) is 1.93. The van der Waals surface area contributed by atoms with Crippen LogP contribution in [0.1, 0.15) is 17.2 Å². The van der Waals surface area contributed by atoms with Gasteiger partial charge in [0.15, 0.2) is 11.6 Å². The van der Waals surface area contributed by atoms with Crippen molar-refractivity contribution in [3.05, 3.63) is 99.8 Å². The number of carbonyl (C=O) groups excluding carboxylic acids is 1. The normalized spacial score (nSPS) is 15.4. The Kier molecular flexibility index (Phi) is 6.81. The van der Waals surface area contributed by atoms with Crippen LogP contribution in [0.15, 0.2) is 71.2 Å². The number of amides is 2. The topological polar surface area (TPSA) is 35.6 Å². The molecule has 1 heterocycles. The maximum atomic E-state index is 13.9. The van der Waals surface area contributed by atoms with Gasteiger partial charge in [-0.3, -0.25) is 4.90 Å². The summed E-state index contributed by atoms with van der Waals surface area (Å²) in [5, 5.41) is 2.24. The minimum absolute atomic E-state index is 0.0153. The van der Waals surface area contributed by atoms with Crippen molar-refractivity contribution in [2.45, 2.75) is 6.04 Å². The maximum absolute atomic E-state index is 13.9. The molecule has 0 bridgehead atoms. The number of rotatable bonds is 4. The Balaban J connectivity index is 1.47. The number of hydrogen-bond acceptors (Lipinski definition) is 2. The summed E-state index contributed by atoms with van der Waals surface area (Å²) in [4.78, 5) is 16.4. The number of halogens is 4. The van der Waals surface area contributed by atoms with E-state index >= 15 is 0 Å². The first kappa shape index (κ1) is 22.4. The van der Waals surface area contributed by atoms with Crippen molar-refractivity contribution in [2.75, 3.05) is 31.5 Å². The number of urea groups is 1. The van der Waals surface area contributed by atoms with Gasteiger partial charge in [0, 0.05) is 42.8 Å². The molecule has 8 heteroatoms. The van der Waals surface area contributed by atoms with Gasteiger partial charge in [0.25, 0.3) is 0 Å². The molecule has 0 spiro atoms. The second-order valence-electron chi connectivity index (χ2n) is 7.56. The van der Waals surface area contributed by atoms with Crippen molar-refractivity contribution >= 4 is 27.6 Å². The fraction of sp³-hybridized carbons (Fsp3) is 0.208. The lowest BCUT2D eigenvalue weighted by atomic mass is 9.96. The summed E-state index contributed by atoms with van der Waals surface area (Å²) in [6, 6.07) is 18.7. The van der Waals surface area contributed by atoms with Gasteiger partial charge in [-0.25, -0.2) is 18.0 Å². The largest absolute Gasteiger partial charge is 0.322 e. The lowest BCUT2D eigenvalue weighted by molar-refractivity contribution is 0.126. The fourth-order valence-corrected chi connectivity index (χ4v) is 4.19. The predicted octanol–water partition coefficient (Wildman–Crippen LogP) is 5.81. The molecular weight excluding hydrogens is 483 g/mol. The van der Waals surface area contributed by atoms with Crippen LogP contribution in [-0.2, 0) is 0 Å². The molecule has 32 heavy (non-hydrogen) atoms. The van der Waals surface area contributed by atoms with Crippen LogP contribution in [0, 0.1) is 17.5 Å². The van der Waals surface area contributed by atoms with Gasteiger partial charge in [-0.05, 0) is 23.3 Å². The number of nitrogens with zero attached hydrogens (tertiary/aromatic N) is 2. The number of carbonyl (C=O) groups is 1. The Morgan fingerprint density at radius 2 is 1.41 bits per heavy atom. The van der Waals surface area contributed by atoms with E-state index in [-0.39, 0.29) is 6.04 Å². The van der Waals surface area contributed by atoms with Crippen LogP contribution in [0.25, 0.3) is 0 Å². The first-order valence-electron chi connectivity index (χ1n) is 10.2. The monoisotopic (exact) mass is 503 g/mol. The Morgan fingerprint density at radius 1 is 0.844 bits per heavy atom. The van der Waals surface area contributed by atoms with E-state index in [1.54, 1.807) is 0 Å². The zero-order chi connectivity index (χ0) is 22.7. The summed E-state index contributed by atoms with van der Waals surface area (Å²) in [7, 11) is 0. The minimum atomic E-state index is -1.14. The molecule has 0 radical (unpaired) electrons. The lowest BCUT2D eigenvalue weighted by Gasteiger charge is -2.39. The van der Waals surface area contributed by atoms with Crippen molar-refractivity contribution in [3.8, 4) is 0 Å². The maximum Gasteiger partial charge on any atom is 0.322 e. The zero-order valence-electron chi connectivity index (χ0n) is 17.1. The molecule has 166 valence electrons. The van der Waals surface area contributed by atoms with E-state index in [0.29, 0.717) is 38.3 Å². The first-order valence-corrected chi connectivity index (χ1v) is 11.0. The van der Waals surface area contributed by atoms with Gasteiger partial charge in [0.1, 0.15) is 11.5 Å². The van der Waals surface area contributed by atoms with Crippen molar-refractivity contribution < 1.29 is 18.0 Å². The van der Waals surface area contributed by atoms with E-state index in [1.807, 2.05) is 30.3 Å².